The molecule has 84 valence electrons. The van der Waals surface area contributed by atoms with Crippen LogP contribution in [-0.4, -0.2) is 22.7 Å². The first-order valence-corrected chi connectivity index (χ1v) is 5.37. The Morgan fingerprint density at radius 3 is 2.60 bits per heavy atom. The van der Waals surface area contributed by atoms with E-state index in [1.54, 1.807) is 18.2 Å². The van der Waals surface area contributed by atoms with Gasteiger partial charge in [0, 0.05) is 11.4 Å². The molecule has 4 heteroatoms. The van der Waals surface area contributed by atoms with Crippen LogP contribution in [0.25, 0.3) is 0 Å². The Morgan fingerprint density at radius 1 is 1.20 bits per heavy atom. The molecule has 3 nitrogen and oxygen atoms in total. The van der Waals surface area contributed by atoms with Crippen molar-refractivity contribution in [3.63, 3.8) is 0 Å². The number of hydrogen-bond acceptors (Lipinski definition) is 3. The highest BCUT2D eigenvalue weighted by Crippen LogP contribution is 2.20. The van der Waals surface area contributed by atoms with Crippen LogP contribution >= 0.6 is 11.6 Å². The van der Waals surface area contributed by atoms with Gasteiger partial charge in [0.15, 0.2) is 0 Å². The van der Waals surface area contributed by atoms with Crippen LogP contribution in [0.15, 0.2) is 18.2 Å². The van der Waals surface area contributed by atoms with Gasteiger partial charge in [-0.3, -0.25) is 0 Å². The van der Waals surface area contributed by atoms with Gasteiger partial charge >= 0.3 is 0 Å². The zero-order valence-corrected chi connectivity index (χ0v) is 9.20. The molecule has 0 radical (unpaired) electrons. The normalized spacial score (nSPS) is 10.3. The molecule has 0 saturated carbocycles. The fraction of sp³-hybridized carbons (Fsp3) is 0.455. The molecule has 1 rings (SSSR count). The lowest BCUT2D eigenvalue weighted by atomic mass is 10.1. The lowest BCUT2D eigenvalue weighted by Gasteiger charge is -2.10. The lowest BCUT2D eigenvalue weighted by Crippen LogP contribution is -2.01. The average molecular weight is 231 g/mol. The van der Waals surface area contributed by atoms with E-state index in [1.807, 2.05) is 0 Å². The molecule has 0 heterocycles. The molecule has 1 aromatic carbocycles. The van der Waals surface area contributed by atoms with Gasteiger partial charge in [0.05, 0.1) is 19.8 Å². The van der Waals surface area contributed by atoms with E-state index in [0.29, 0.717) is 23.8 Å². The van der Waals surface area contributed by atoms with E-state index in [2.05, 4.69) is 0 Å². The van der Waals surface area contributed by atoms with Crippen LogP contribution in [0.1, 0.15) is 17.5 Å². The van der Waals surface area contributed by atoms with Gasteiger partial charge in [-0.15, -0.1) is 11.6 Å². The van der Waals surface area contributed by atoms with Crippen LogP contribution < -0.4 is 4.74 Å². The minimum Gasteiger partial charge on any atom is -0.493 e. The van der Waals surface area contributed by atoms with Crippen molar-refractivity contribution in [2.75, 3.05) is 12.5 Å². The second kappa shape index (κ2) is 6.67. The van der Waals surface area contributed by atoms with E-state index < -0.39 is 0 Å². The van der Waals surface area contributed by atoms with Crippen molar-refractivity contribution in [3.05, 3.63) is 29.3 Å². The van der Waals surface area contributed by atoms with E-state index in [-0.39, 0.29) is 13.2 Å². The first-order valence-electron chi connectivity index (χ1n) is 4.84. The van der Waals surface area contributed by atoms with Crippen molar-refractivity contribution in [2.45, 2.75) is 19.6 Å². The first kappa shape index (κ1) is 12.3. The predicted molar refractivity (Wildman–Crippen MR) is 59.1 cm³/mol. The van der Waals surface area contributed by atoms with E-state index >= 15 is 0 Å². The number of halogens is 1. The van der Waals surface area contributed by atoms with Crippen LogP contribution in [0.4, 0.5) is 0 Å². The van der Waals surface area contributed by atoms with Crippen molar-refractivity contribution in [1.29, 1.82) is 0 Å². The fourth-order valence-electron chi connectivity index (χ4n) is 1.23. The molecular formula is C11H15ClO3. The molecule has 0 bridgehead atoms. The monoisotopic (exact) mass is 230 g/mol. The van der Waals surface area contributed by atoms with Crippen LogP contribution in [0.2, 0.25) is 0 Å². The second-order valence-corrected chi connectivity index (χ2v) is 3.53. The largest absolute Gasteiger partial charge is 0.493 e. The van der Waals surface area contributed by atoms with Gasteiger partial charge in [-0.1, -0.05) is 6.07 Å². The SMILES string of the molecule is OCc1ccc(OCCCCl)c(CO)c1. The Balaban J connectivity index is 2.69. The molecule has 0 aromatic heterocycles. The van der Waals surface area contributed by atoms with Gasteiger partial charge in [0.1, 0.15) is 5.75 Å². The number of aliphatic hydroxyl groups is 2. The van der Waals surface area contributed by atoms with Crippen LogP contribution in [0.5, 0.6) is 5.75 Å². The standard InChI is InChI=1S/C11H15ClO3/c12-4-1-5-15-11-3-2-9(7-13)6-10(11)8-14/h2-3,6,13-14H,1,4-5,7-8H2. The van der Waals surface area contributed by atoms with Gasteiger partial charge in [0.25, 0.3) is 0 Å². The molecule has 0 aliphatic rings. The molecule has 0 aliphatic carbocycles. The van der Waals surface area contributed by atoms with Gasteiger partial charge in [-0.2, -0.15) is 0 Å². The number of rotatable bonds is 6. The third kappa shape index (κ3) is 3.70. The molecule has 15 heavy (non-hydrogen) atoms. The maximum Gasteiger partial charge on any atom is 0.124 e. The smallest absolute Gasteiger partial charge is 0.124 e. The molecule has 0 fully saturated rings. The van der Waals surface area contributed by atoms with E-state index in [9.17, 15) is 0 Å². The highest BCUT2D eigenvalue weighted by Gasteiger charge is 2.03. The Kier molecular flexibility index (Phi) is 5.47. The topological polar surface area (TPSA) is 49.7 Å². The van der Waals surface area contributed by atoms with E-state index in [4.69, 9.17) is 26.6 Å². The number of benzene rings is 1. The van der Waals surface area contributed by atoms with E-state index in [0.717, 1.165) is 12.0 Å². The van der Waals surface area contributed by atoms with Crippen LogP contribution in [0.3, 0.4) is 0 Å². The number of hydrogen-bond donors (Lipinski definition) is 2. The van der Waals surface area contributed by atoms with Crippen molar-refractivity contribution in [3.8, 4) is 5.75 Å². The molecule has 0 amide bonds. The van der Waals surface area contributed by atoms with Crippen LogP contribution in [0, 0.1) is 0 Å². The molecule has 0 unspecified atom stereocenters. The molecule has 2 N–H and O–H groups in total. The predicted octanol–water partition coefficient (Wildman–Crippen LogP) is 1.68. The summed E-state index contributed by atoms with van der Waals surface area (Å²) in [6, 6.07) is 5.26. The summed E-state index contributed by atoms with van der Waals surface area (Å²) in [5.74, 6) is 1.21. The fourth-order valence-corrected chi connectivity index (χ4v) is 1.34. The third-order valence-corrected chi connectivity index (χ3v) is 2.28. The molecule has 0 spiro atoms. The zero-order valence-electron chi connectivity index (χ0n) is 8.45. The summed E-state index contributed by atoms with van der Waals surface area (Å²) < 4.78 is 5.44. The third-order valence-electron chi connectivity index (χ3n) is 2.01. The summed E-state index contributed by atoms with van der Waals surface area (Å²) in [7, 11) is 0. The number of alkyl halides is 1. The lowest BCUT2D eigenvalue weighted by molar-refractivity contribution is 0.260. The minimum atomic E-state index is -0.0932. The Morgan fingerprint density at radius 2 is 2.00 bits per heavy atom. The van der Waals surface area contributed by atoms with Crippen LogP contribution in [-0.2, 0) is 13.2 Å². The van der Waals surface area contributed by atoms with Gasteiger partial charge in [-0.25, -0.2) is 0 Å². The first-order chi connectivity index (χ1) is 7.31. The maximum atomic E-state index is 9.11. The average Bonchev–Trinajstić information content (AvgIpc) is 2.29. The zero-order chi connectivity index (χ0) is 11.1. The summed E-state index contributed by atoms with van der Waals surface area (Å²) in [6.45, 7) is 0.411. The summed E-state index contributed by atoms with van der Waals surface area (Å²) in [5.41, 5.74) is 1.46. The van der Waals surface area contributed by atoms with Crippen molar-refractivity contribution < 1.29 is 14.9 Å². The van der Waals surface area contributed by atoms with Crippen molar-refractivity contribution in [2.24, 2.45) is 0 Å². The Labute approximate surface area is 94.3 Å². The number of ether oxygens (including phenoxy) is 1. The minimum absolute atomic E-state index is 0.0328. The summed E-state index contributed by atoms with van der Waals surface area (Å²) in [6.07, 6.45) is 0.772. The molecular weight excluding hydrogens is 216 g/mol. The van der Waals surface area contributed by atoms with Crippen molar-refractivity contribution >= 4 is 11.6 Å². The quantitative estimate of drug-likeness (QED) is 0.578. The molecule has 0 atom stereocenters. The van der Waals surface area contributed by atoms with E-state index in [1.165, 1.54) is 0 Å². The molecule has 1 aromatic rings. The maximum absolute atomic E-state index is 9.11. The second-order valence-electron chi connectivity index (χ2n) is 3.15. The highest BCUT2D eigenvalue weighted by molar-refractivity contribution is 6.17. The highest BCUT2D eigenvalue weighted by atomic mass is 35.5. The van der Waals surface area contributed by atoms with Gasteiger partial charge < -0.3 is 14.9 Å². The van der Waals surface area contributed by atoms with Gasteiger partial charge in [-0.05, 0) is 24.1 Å². The molecule has 0 aliphatic heterocycles. The van der Waals surface area contributed by atoms with Crippen molar-refractivity contribution in [1.82, 2.24) is 0 Å². The summed E-state index contributed by atoms with van der Waals surface area (Å²) in [4.78, 5) is 0. The Bertz CT molecular complexity index is 302. The Hall–Kier alpha value is -0.770. The number of aliphatic hydroxyl groups excluding tert-OH is 2. The molecule has 0 saturated heterocycles. The summed E-state index contributed by atoms with van der Waals surface area (Å²) >= 11 is 5.53. The summed E-state index contributed by atoms with van der Waals surface area (Å²) in [5, 5.41) is 18.0. The van der Waals surface area contributed by atoms with Gasteiger partial charge in [0.2, 0.25) is 0 Å².